The van der Waals surface area contributed by atoms with Crippen LogP contribution >= 0.6 is 38.5 Å². The average molecular weight is 461 g/mol. The number of halogens is 2. The van der Waals surface area contributed by atoms with Gasteiger partial charge in [-0.2, -0.15) is 5.10 Å². The zero-order chi connectivity index (χ0) is 15.4. The van der Waals surface area contributed by atoms with Crippen LogP contribution in [0.5, 0.6) is 5.75 Å². The molecule has 0 heterocycles. The molecule has 5 nitrogen and oxygen atoms in total. The number of carboxylic acid groups (broad SMARTS) is 1. The van der Waals surface area contributed by atoms with Gasteiger partial charge in [-0.25, -0.2) is 4.79 Å². The fourth-order valence-electron chi connectivity index (χ4n) is 1.55. The molecule has 108 valence electrons. The van der Waals surface area contributed by atoms with Crippen molar-refractivity contribution in [2.75, 3.05) is 5.43 Å². The SMILES string of the molecule is O=C(O)c1ccc(NN=Cc2cc(Br)cc(I)c2O)cc1. The second-order valence-corrected chi connectivity index (χ2v) is 6.16. The van der Waals surface area contributed by atoms with Crippen LogP contribution in [0.3, 0.4) is 0 Å². The molecule has 0 radical (unpaired) electrons. The number of anilines is 1. The van der Waals surface area contributed by atoms with E-state index in [-0.39, 0.29) is 11.3 Å². The van der Waals surface area contributed by atoms with Gasteiger partial charge in [-0.3, -0.25) is 5.43 Å². The number of rotatable bonds is 4. The Morgan fingerprint density at radius 1 is 1.29 bits per heavy atom. The van der Waals surface area contributed by atoms with Crippen molar-refractivity contribution >= 4 is 56.4 Å². The predicted molar refractivity (Wildman–Crippen MR) is 93.1 cm³/mol. The van der Waals surface area contributed by atoms with E-state index in [0.29, 0.717) is 14.8 Å². The fourth-order valence-corrected chi connectivity index (χ4v) is 3.10. The Hall–Kier alpha value is -1.61. The first-order valence-electron chi connectivity index (χ1n) is 5.78. The molecule has 0 spiro atoms. The van der Waals surface area contributed by atoms with Crippen LogP contribution in [0.15, 0.2) is 46.0 Å². The summed E-state index contributed by atoms with van der Waals surface area (Å²) < 4.78 is 1.56. The molecule has 0 atom stereocenters. The van der Waals surface area contributed by atoms with Crippen molar-refractivity contribution in [1.29, 1.82) is 0 Å². The lowest BCUT2D eigenvalue weighted by Gasteiger charge is -2.04. The van der Waals surface area contributed by atoms with Crippen molar-refractivity contribution in [3.05, 3.63) is 55.6 Å². The number of hydrogen-bond donors (Lipinski definition) is 3. The summed E-state index contributed by atoms with van der Waals surface area (Å²) in [5.41, 5.74) is 4.21. The van der Waals surface area contributed by atoms with Crippen LogP contribution in [-0.2, 0) is 0 Å². The van der Waals surface area contributed by atoms with E-state index in [1.165, 1.54) is 18.3 Å². The first-order chi connectivity index (χ1) is 9.97. The largest absolute Gasteiger partial charge is 0.506 e. The van der Waals surface area contributed by atoms with Crippen molar-refractivity contribution in [2.24, 2.45) is 5.10 Å². The van der Waals surface area contributed by atoms with E-state index in [0.717, 1.165) is 4.47 Å². The van der Waals surface area contributed by atoms with Gasteiger partial charge in [0.2, 0.25) is 0 Å². The molecule has 2 rings (SSSR count). The third-order valence-corrected chi connectivity index (χ3v) is 3.87. The van der Waals surface area contributed by atoms with Gasteiger partial charge in [0.05, 0.1) is 21.0 Å². The number of hydrogen-bond acceptors (Lipinski definition) is 4. The third kappa shape index (κ3) is 4.18. The number of benzene rings is 2. The molecular formula is C14H10BrIN2O3. The topological polar surface area (TPSA) is 81.9 Å². The molecule has 0 fully saturated rings. The van der Waals surface area contributed by atoms with E-state index in [1.54, 1.807) is 24.3 Å². The highest BCUT2D eigenvalue weighted by molar-refractivity contribution is 14.1. The zero-order valence-corrected chi connectivity index (χ0v) is 14.3. The molecule has 2 aromatic rings. The minimum atomic E-state index is -0.973. The lowest BCUT2D eigenvalue weighted by Crippen LogP contribution is -1.96. The van der Waals surface area contributed by atoms with Crippen LogP contribution in [0.4, 0.5) is 5.69 Å². The minimum Gasteiger partial charge on any atom is -0.506 e. The van der Waals surface area contributed by atoms with Gasteiger partial charge in [0.15, 0.2) is 0 Å². The summed E-state index contributed by atoms with van der Waals surface area (Å²) in [5, 5.41) is 22.7. The highest BCUT2D eigenvalue weighted by Gasteiger charge is 2.05. The van der Waals surface area contributed by atoms with Crippen molar-refractivity contribution in [2.45, 2.75) is 0 Å². The van der Waals surface area contributed by atoms with Gasteiger partial charge < -0.3 is 10.2 Å². The molecule has 0 unspecified atom stereocenters. The van der Waals surface area contributed by atoms with Gasteiger partial charge in [-0.05, 0) is 59.0 Å². The number of carboxylic acids is 1. The predicted octanol–water partition coefficient (Wildman–Crippen LogP) is 3.90. The molecule has 0 bridgehead atoms. The van der Waals surface area contributed by atoms with Crippen molar-refractivity contribution in [1.82, 2.24) is 0 Å². The normalized spacial score (nSPS) is 10.8. The van der Waals surface area contributed by atoms with Crippen LogP contribution in [0.2, 0.25) is 0 Å². The van der Waals surface area contributed by atoms with Gasteiger partial charge in [0.1, 0.15) is 5.75 Å². The third-order valence-electron chi connectivity index (χ3n) is 2.59. The number of aromatic carboxylic acids is 1. The second kappa shape index (κ2) is 6.90. The molecule has 2 aromatic carbocycles. The zero-order valence-electron chi connectivity index (χ0n) is 10.5. The Bertz CT molecular complexity index is 702. The summed E-state index contributed by atoms with van der Waals surface area (Å²) in [5.74, 6) is -0.816. The molecule has 21 heavy (non-hydrogen) atoms. The molecule has 0 aliphatic heterocycles. The van der Waals surface area contributed by atoms with Crippen LogP contribution < -0.4 is 5.43 Å². The van der Waals surface area contributed by atoms with Gasteiger partial charge >= 0.3 is 5.97 Å². The number of nitrogens with zero attached hydrogens (tertiary/aromatic N) is 1. The summed E-state index contributed by atoms with van der Waals surface area (Å²) in [6.45, 7) is 0. The standard InChI is InChI=1S/C14H10BrIN2O3/c15-10-5-9(13(19)12(16)6-10)7-17-18-11-3-1-8(2-4-11)14(20)21/h1-7,18-19H,(H,20,21). The number of carbonyl (C=O) groups is 1. The molecule has 0 aromatic heterocycles. The van der Waals surface area contributed by atoms with E-state index in [2.05, 4.69) is 26.5 Å². The molecule has 3 N–H and O–H groups in total. The molecular weight excluding hydrogens is 451 g/mol. The fraction of sp³-hybridized carbons (Fsp3) is 0. The monoisotopic (exact) mass is 460 g/mol. The average Bonchev–Trinajstić information content (AvgIpc) is 2.44. The molecule has 0 aliphatic carbocycles. The van der Waals surface area contributed by atoms with Crippen molar-refractivity contribution in [3.63, 3.8) is 0 Å². The van der Waals surface area contributed by atoms with E-state index < -0.39 is 5.97 Å². The maximum absolute atomic E-state index is 10.7. The van der Waals surface area contributed by atoms with Gasteiger partial charge in [0, 0.05) is 10.0 Å². The summed E-state index contributed by atoms with van der Waals surface area (Å²) in [6, 6.07) is 9.75. The smallest absolute Gasteiger partial charge is 0.335 e. The van der Waals surface area contributed by atoms with E-state index >= 15 is 0 Å². The lowest BCUT2D eigenvalue weighted by molar-refractivity contribution is 0.0697. The second-order valence-electron chi connectivity index (χ2n) is 4.08. The minimum absolute atomic E-state index is 0.158. The number of aromatic hydroxyl groups is 1. The lowest BCUT2D eigenvalue weighted by atomic mass is 10.2. The van der Waals surface area contributed by atoms with E-state index in [1.807, 2.05) is 22.6 Å². The van der Waals surface area contributed by atoms with Gasteiger partial charge in [-0.15, -0.1) is 0 Å². The number of phenols is 1. The molecule has 0 saturated heterocycles. The first kappa shape index (κ1) is 15.8. The highest BCUT2D eigenvalue weighted by Crippen LogP contribution is 2.27. The Labute approximate surface area is 143 Å². The van der Waals surface area contributed by atoms with Crippen molar-refractivity contribution in [3.8, 4) is 5.75 Å². The van der Waals surface area contributed by atoms with Crippen LogP contribution in [0.1, 0.15) is 15.9 Å². The Morgan fingerprint density at radius 3 is 2.57 bits per heavy atom. The number of hydrazone groups is 1. The van der Waals surface area contributed by atoms with Crippen LogP contribution in [0.25, 0.3) is 0 Å². The summed E-state index contributed by atoms with van der Waals surface area (Å²) in [6.07, 6.45) is 1.49. The van der Waals surface area contributed by atoms with Crippen molar-refractivity contribution < 1.29 is 15.0 Å². The maximum atomic E-state index is 10.7. The Balaban J connectivity index is 2.10. The summed E-state index contributed by atoms with van der Waals surface area (Å²) >= 11 is 5.38. The molecule has 0 saturated carbocycles. The van der Waals surface area contributed by atoms with E-state index in [9.17, 15) is 9.90 Å². The molecule has 7 heteroatoms. The summed E-state index contributed by atoms with van der Waals surface area (Å²) in [7, 11) is 0. The summed E-state index contributed by atoms with van der Waals surface area (Å²) in [4.78, 5) is 10.7. The van der Waals surface area contributed by atoms with Crippen LogP contribution in [0, 0.1) is 3.57 Å². The highest BCUT2D eigenvalue weighted by atomic mass is 127. The molecule has 0 aliphatic rings. The molecule has 0 amide bonds. The van der Waals surface area contributed by atoms with Gasteiger partial charge in [0.25, 0.3) is 0 Å². The van der Waals surface area contributed by atoms with Crippen LogP contribution in [-0.4, -0.2) is 22.4 Å². The first-order valence-corrected chi connectivity index (χ1v) is 7.65. The Kier molecular flexibility index (Phi) is 5.18. The van der Waals surface area contributed by atoms with E-state index in [4.69, 9.17) is 5.11 Å². The Morgan fingerprint density at radius 2 is 1.95 bits per heavy atom. The van der Waals surface area contributed by atoms with Gasteiger partial charge in [-0.1, -0.05) is 15.9 Å². The quantitative estimate of drug-likeness (QED) is 0.367. The maximum Gasteiger partial charge on any atom is 0.335 e. The number of phenolic OH excluding ortho intramolecular Hbond substituents is 1. The number of nitrogens with one attached hydrogen (secondary N) is 1.